The topological polar surface area (TPSA) is 316 Å². The Bertz CT molecular complexity index is 4440. The number of aromatic nitrogens is 9. The summed E-state index contributed by atoms with van der Waals surface area (Å²) in [5.74, 6) is 0.206. The molecule has 3 aromatic carbocycles. The molecule has 92 heavy (non-hydrogen) atoms. The van der Waals surface area contributed by atoms with Crippen molar-refractivity contribution in [3.8, 4) is 0 Å². The second-order valence-corrected chi connectivity index (χ2v) is 22.4. The average Bonchev–Trinajstić information content (AvgIpc) is 0.924. The number of carbonyl (C=O) groups excluding carboxylic acids is 2. The highest BCUT2D eigenvalue weighted by molar-refractivity contribution is 6.31. The third-order valence-electron chi connectivity index (χ3n) is 14.3. The largest absolute Gasteiger partial charge is 0.478 e. The lowest BCUT2D eigenvalue weighted by Crippen LogP contribution is -2.23. The quantitative estimate of drug-likeness (QED) is 0.0532. The number of carboxylic acid groups (broad SMARTS) is 1. The highest BCUT2D eigenvalue weighted by Gasteiger charge is 2.13. The van der Waals surface area contributed by atoms with E-state index in [9.17, 15) is 14.4 Å². The highest BCUT2D eigenvalue weighted by Crippen LogP contribution is 2.24. The molecule has 9 heterocycles. The van der Waals surface area contributed by atoms with Crippen LogP contribution in [0.2, 0.25) is 15.1 Å². The van der Waals surface area contributed by atoms with Crippen molar-refractivity contribution in [1.82, 2.24) is 55.5 Å². The van der Waals surface area contributed by atoms with E-state index in [-0.39, 0.29) is 29.8 Å². The van der Waals surface area contributed by atoms with Crippen molar-refractivity contribution in [3.63, 3.8) is 0 Å². The van der Waals surface area contributed by atoms with Crippen molar-refractivity contribution in [2.75, 3.05) is 17.2 Å². The van der Waals surface area contributed by atoms with E-state index < -0.39 is 5.97 Å². The lowest BCUT2D eigenvalue weighted by molar-refractivity contribution is 0.0696. The minimum Gasteiger partial charge on any atom is -0.478 e. The molecule has 0 spiro atoms. The third kappa shape index (κ3) is 19.1. The molecular formula is C69H63Cl4N15O4. The van der Waals surface area contributed by atoms with Crippen LogP contribution in [0.25, 0.3) is 32.7 Å². The first-order valence-corrected chi connectivity index (χ1v) is 29.6. The number of nitrogen functional groups attached to an aromatic ring is 3. The number of aromatic carboxylic acids is 1. The number of benzene rings is 3. The van der Waals surface area contributed by atoms with Gasteiger partial charge in [0.05, 0.1) is 37.2 Å². The van der Waals surface area contributed by atoms with E-state index in [0.29, 0.717) is 88.2 Å². The molecule has 0 unspecified atom stereocenters. The fourth-order valence-electron chi connectivity index (χ4n) is 9.53. The predicted octanol–water partition coefficient (Wildman–Crippen LogP) is 12.6. The van der Waals surface area contributed by atoms with Crippen LogP contribution in [0.4, 0.5) is 17.5 Å². The first-order valence-electron chi connectivity index (χ1n) is 28.4. The second-order valence-electron chi connectivity index (χ2n) is 21.1. The maximum absolute atomic E-state index is 12.6. The van der Waals surface area contributed by atoms with Crippen LogP contribution in [-0.2, 0) is 38.9 Å². The van der Waals surface area contributed by atoms with Gasteiger partial charge in [-0.25, -0.2) is 19.7 Å². The normalized spacial score (nSPS) is 10.6. The summed E-state index contributed by atoms with van der Waals surface area (Å²) < 4.78 is 0. The van der Waals surface area contributed by atoms with Gasteiger partial charge in [0.1, 0.15) is 17.5 Å². The Morgan fingerprint density at radius 3 is 1.22 bits per heavy atom. The monoisotopic (exact) mass is 1310 g/mol. The van der Waals surface area contributed by atoms with Crippen molar-refractivity contribution in [2.24, 2.45) is 5.73 Å². The van der Waals surface area contributed by atoms with Crippen molar-refractivity contribution in [1.29, 1.82) is 0 Å². The smallest absolute Gasteiger partial charge is 0.335 e. The Labute approximate surface area is 551 Å². The minimum atomic E-state index is -0.951. The predicted molar refractivity (Wildman–Crippen MR) is 366 cm³/mol. The van der Waals surface area contributed by atoms with Crippen LogP contribution in [-0.4, -0.2) is 67.7 Å². The number of hydrogen-bond donors (Lipinski definition) is 7. The van der Waals surface area contributed by atoms with E-state index in [0.717, 1.165) is 94.4 Å². The number of pyridine rings is 9. The average molecular weight is 1310 g/mol. The Balaban J connectivity index is 0.000000166. The molecule has 12 rings (SSSR count). The zero-order chi connectivity index (χ0) is 64.6. The molecule has 466 valence electrons. The SMILES string of the molecule is Cc1cc(N)ncc1CNC(=O)c1ccnc(Cc2ccc3ncc(Cl)cc3c2)c1.Cc1nc(N)ccc1CN.Cc1nc(N)ccc1CNC(=O)c1ccnc(Cc2ccc3ncc(Cl)cc3c2)c1.Cl.O=C(O)c1ccnc(Cc2ccc3ncc(Cl)cc3c2)c1. The number of carbonyl (C=O) groups is 3. The van der Waals surface area contributed by atoms with E-state index in [1.807, 2.05) is 118 Å². The van der Waals surface area contributed by atoms with Gasteiger partial charge < -0.3 is 38.7 Å². The summed E-state index contributed by atoms with van der Waals surface area (Å²) in [6.07, 6.45) is 13.1. The summed E-state index contributed by atoms with van der Waals surface area (Å²) in [6.45, 7) is 7.00. The number of nitrogens with zero attached hydrogens (tertiary/aromatic N) is 9. The highest BCUT2D eigenvalue weighted by atomic mass is 35.5. The minimum absolute atomic E-state index is 0. The lowest BCUT2D eigenvalue weighted by Gasteiger charge is -2.09. The van der Waals surface area contributed by atoms with Crippen LogP contribution in [0.5, 0.6) is 0 Å². The van der Waals surface area contributed by atoms with Gasteiger partial charge >= 0.3 is 5.97 Å². The van der Waals surface area contributed by atoms with Crippen LogP contribution in [0.1, 0.15) is 98.5 Å². The number of halogens is 4. The van der Waals surface area contributed by atoms with Gasteiger partial charge in [0.2, 0.25) is 0 Å². The fraction of sp³-hybridized carbons (Fsp3) is 0.130. The van der Waals surface area contributed by atoms with Crippen LogP contribution in [0.15, 0.2) is 183 Å². The molecule has 0 atom stereocenters. The molecule has 0 aliphatic rings. The number of nitrogens with two attached hydrogens (primary N) is 4. The van der Waals surface area contributed by atoms with Gasteiger partial charge in [-0.05, 0) is 169 Å². The van der Waals surface area contributed by atoms with Crippen LogP contribution in [0, 0.1) is 20.8 Å². The van der Waals surface area contributed by atoms with Gasteiger partial charge in [-0.3, -0.25) is 39.5 Å². The van der Waals surface area contributed by atoms with Crippen molar-refractivity contribution in [3.05, 3.63) is 282 Å². The molecule has 12 aromatic rings. The maximum atomic E-state index is 12.6. The zero-order valence-electron chi connectivity index (χ0n) is 50.1. The summed E-state index contributed by atoms with van der Waals surface area (Å²) in [5, 5.41) is 19.5. The summed E-state index contributed by atoms with van der Waals surface area (Å²) in [5.41, 5.74) is 37.3. The van der Waals surface area contributed by atoms with Crippen molar-refractivity contribution < 1.29 is 19.5 Å². The Morgan fingerprint density at radius 2 is 0.826 bits per heavy atom. The Kier molecular flexibility index (Phi) is 23.5. The number of amides is 2. The number of fused-ring (bicyclic) bond motifs is 3. The molecule has 2 amide bonds. The molecule has 0 aliphatic carbocycles. The number of nitrogens with one attached hydrogen (secondary N) is 2. The Morgan fingerprint density at radius 1 is 0.435 bits per heavy atom. The molecule has 0 bridgehead atoms. The third-order valence-corrected chi connectivity index (χ3v) is 14.9. The lowest BCUT2D eigenvalue weighted by atomic mass is 10.0. The first kappa shape index (κ1) is 67.6. The van der Waals surface area contributed by atoms with Crippen LogP contribution < -0.4 is 33.6 Å². The summed E-state index contributed by atoms with van der Waals surface area (Å²) in [6, 6.07) is 42.7. The van der Waals surface area contributed by atoms with Crippen LogP contribution in [0.3, 0.4) is 0 Å². The molecule has 0 aliphatic heterocycles. The standard InChI is InChI=1S/2C23H20ClN5O.C16H11ClN2O2.C7H11N3.ClH/c1-14-17(3-5-22(25)29-14)12-28-23(30)16-6-7-26-20(11-16)9-15-2-4-21-18(8-15)10-19(24)13-27-21;1-14-6-22(25)28-11-18(14)12-29-23(30)16-4-5-26-20(10-16)8-15-2-3-21-17(7-15)9-19(24)13-27-21;17-13-7-12-5-10(1-2-15(12)19-9-13)6-14-8-11(16(20)21)3-4-18-14;1-5-6(4-8)2-3-7(9)10-5;/h2-8,10-11,13H,9,12H2,1H3,(H2,25,29)(H,28,30);2-7,9-11,13H,8,12H2,1H3,(H2,25,28)(H,29,30);1-5,7-9H,6H2,(H,20,21);2-3H,4,8H2,1H3,(H2,9,10);1H. The van der Waals surface area contributed by atoms with Gasteiger partial charge in [-0.15, -0.1) is 12.4 Å². The first-order chi connectivity index (χ1) is 43.8. The second kappa shape index (κ2) is 31.9. The number of rotatable bonds is 14. The van der Waals surface area contributed by atoms with Gasteiger partial charge in [0.15, 0.2) is 0 Å². The van der Waals surface area contributed by atoms with Gasteiger partial charge in [0.25, 0.3) is 11.8 Å². The van der Waals surface area contributed by atoms with Crippen molar-refractivity contribution in [2.45, 2.75) is 59.7 Å². The Hall–Kier alpha value is -10.3. The van der Waals surface area contributed by atoms with E-state index in [2.05, 4.69) is 55.5 Å². The van der Waals surface area contributed by atoms with Crippen molar-refractivity contribution >= 4 is 115 Å². The molecule has 9 aromatic heterocycles. The summed E-state index contributed by atoms with van der Waals surface area (Å²) >= 11 is 18.0. The molecule has 0 saturated carbocycles. The maximum Gasteiger partial charge on any atom is 0.335 e. The number of carboxylic acids is 1. The van der Waals surface area contributed by atoms with E-state index in [1.54, 1.807) is 73.6 Å². The molecule has 0 saturated heterocycles. The summed E-state index contributed by atoms with van der Waals surface area (Å²) in [4.78, 5) is 74.4. The van der Waals surface area contributed by atoms with E-state index in [1.165, 1.54) is 12.3 Å². The van der Waals surface area contributed by atoms with Gasteiger partial charge in [0, 0.05) is 138 Å². The van der Waals surface area contributed by atoms with Gasteiger partial charge in [-0.1, -0.05) is 65.1 Å². The van der Waals surface area contributed by atoms with Gasteiger partial charge in [-0.2, -0.15) is 0 Å². The molecular weight excluding hydrogens is 1240 g/mol. The molecule has 19 nitrogen and oxygen atoms in total. The molecule has 11 N–H and O–H groups in total. The van der Waals surface area contributed by atoms with E-state index >= 15 is 0 Å². The molecule has 0 fully saturated rings. The molecule has 23 heteroatoms. The molecule has 0 radical (unpaired) electrons. The number of anilines is 3. The number of hydrogen-bond acceptors (Lipinski definition) is 16. The van der Waals surface area contributed by atoms with Crippen LogP contribution >= 0.6 is 47.2 Å². The zero-order valence-corrected chi connectivity index (χ0v) is 53.2. The summed E-state index contributed by atoms with van der Waals surface area (Å²) in [7, 11) is 0. The number of aryl methyl sites for hydroxylation is 3. The fourth-order valence-corrected chi connectivity index (χ4v) is 10.0. The van der Waals surface area contributed by atoms with E-state index in [4.69, 9.17) is 62.8 Å².